The number of amides is 1. The number of carbonyl (C=O) groups excluding carboxylic acids is 1. The van der Waals surface area contributed by atoms with Crippen LogP contribution in [-0.4, -0.2) is 5.91 Å². The number of hydrogen-bond donors (Lipinski definition) is 1. The van der Waals surface area contributed by atoms with Crippen LogP contribution < -0.4 is 5.32 Å². The molecule has 0 spiro atoms. The molecule has 1 N–H and O–H groups in total. The van der Waals surface area contributed by atoms with Crippen LogP contribution in [0.25, 0.3) is 0 Å². The predicted molar refractivity (Wildman–Crippen MR) is 60.6 cm³/mol. The minimum absolute atomic E-state index is 0.166. The van der Waals surface area contributed by atoms with Gasteiger partial charge in [0.2, 0.25) is 0 Å². The van der Waals surface area contributed by atoms with Gasteiger partial charge in [0.25, 0.3) is 5.91 Å². The van der Waals surface area contributed by atoms with Gasteiger partial charge in [0.1, 0.15) is 0 Å². The van der Waals surface area contributed by atoms with Crippen molar-refractivity contribution in [2.24, 2.45) is 0 Å². The van der Waals surface area contributed by atoms with Crippen molar-refractivity contribution in [3.63, 3.8) is 0 Å². The van der Waals surface area contributed by atoms with Crippen molar-refractivity contribution in [2.45, 2.75) is 6.92 Å². The van der Waals surface area contributed by atoms with E-state index in [1.165, 1.54) is 0 Å². The molecule has 0 aromatic carbocycles. The summed E-state index contributed by atoms with van der Waals surface area (Å²) in [4.78, 5) is 11.4. The minimum Gasteiger partial charge on any atom is -0.329 e. The van der Waals surface area contributed by atoms with Crippen molar-refractivity contribution in [1.29, 1.82) is 0 Å². The average Bonchev–Trinajstić information content (AvgIpc) is 2.20. The van der Waals surface area contributed by atoms with E-state index in [2.05, 4.69) is 18.5 Å². The first kappa shape index (κ1) is 12.2. The highest BCUT2D eigenvalue weighted by molar-refractivity contribution is 5.97. The molecule has 0 radical (unpaired) electrons. The van der Waals surface area contributed by atoms with Crippen molar-refractivity contribution in [3.8, 4) is 0 Å². The van der Waals surface area contributed by atoms with E-state index in [1.807, 2.05) is 6.92 Å². The molecule has 0 aromatic rings. The van der Waals surface area contributed by atoms with Crippen LogP contribution >= 0.6 is 0 Å². The van der Waals surface area contributed by atoms with Gasteiger partial charge in [-0.3, -0.25) is 4.79 Å². The summed E-state index contributed by atoms with van der Waals surface area (Å²) in [6.07, 6.45) is 11.5. The minimum atomic E-state index is -0.166. The Balaban J connectivity index is 4.57. The molecular formula is C12H15NO. The molecule has 0 fully saturated rings. The van der Waals surface area contributed by atoms with Gasteiger partial charge in [0, 0.05) is 5.57 Å². The molecule has 2 nitrogen and oxygen atoms in total. The van der Waals surface area contributed by atoms with Gasteiger partial charge in [-0.1, -0.05) is 43.5 Å². The van der Waals surface area contributed by atoms with Crippen LogP contribution in [0.3, 0.4) is 0 Å². The van der Waals surface area contributed by atoms with Gasteiger partial charge < -0.3 is 5.32 Å². The zero-order valence-corrected chi connectivity index (χ0v) is 8.36. The average molecular weight is 189 g/mol. The highest BCUT2D eigenvalue weighted by Gasteiger charge is 2.01. The van der Waals surface area contributed by atoms with E-state index in [9.17, 15) is 4.79 Å². The van der Waals surface area contributed by atoms with Gasteiger partial charge >= 0.3 is 0 Å². The van der Waals surface area contributed by atoms with Gasteiger partial charge in [0.15, 0.2) is 0 Å². The second-order valence-electron chi connectivity index (χ2n) is 2.43. The Bertz CT molecular complexity index is 295. The van der Waals surface area contributed by atoms with E-state index < -0.39 is 0 Å². The maximum absolute atomic E-state index is 11.4. The normalized spacial score (nSPS) is 11.9. The van der Waals surface area contributed by atoms with E-state index in [4.69, 9.17) is 0 Å². The summed E-state index contributed by atoms with van der Waals surface area (Å²) < 4.78 is 0. The molecule has 0 bridgehead atoms. The summed E-state index contributed by atoms with van der Waals surface area (Å²) >= 11 is 0. The molecule has 0 saturated carbocycles. The third kappa shape index (κ3) is 4.93. The van der Waals surface area contributed by atoms with Gasteiger partial charge in [0.05, 0.1) is 0 Å². The van der Waals surface area contributed by atoms with Crippen molar-refractivity contribution >= 4 is 5.91 Å². The van der Waals surface area contributed by atoms with E-state index in [0.717, 1.165) is 0 Å². The Labute approximate surface area is 85.0 Å². The molecule has 2 heteroatoms. The highest BCUT2D eigenvalue weighted by atomic mass is 16.1. The lowest BCUT2D eigenvalue weighted by molar-refractivity contribution is -0.116. The molecule has 0 aliphatic heterocycles. The third-order valence-electron chi connectivity index (χ3n) is 1.35. The monoisotopic (exact) mass is 189 g/mol. The fraction of sp³-hybridized carbons (Fsp3) is 0.0833. The third-order valence-corrected chi connectivity index (χ3v) is 1.35. The summed E-state index contributed by atoms with van der Waals surface area (Å²) in [5.74, 6) is -0.166. The number of allylic oxidation sites excluding steroid dienone is 5. The molecular weight excluding hydrogens is 174 g/mol. The van der Waals surface area contributed by atoms with E-state index >= 15 is 0 Å². The summed E-state index contributed by atoms with van der Waals surface area (Å²) in [6, 6.07) is 0. The van der Waals surface area contributed by atoms with Crippen LogP contribution in [0.15, 0.2) is 61.4 Å². The van der Waals surface area contributed by atoms with Gasteiger partial charge in [-0.05, 0) is 19.2 Å². The molecule has 1 amide bonds. The first-order valence-corrected chi connectivity index (χ1v) is 4.30. The van der Waals surface area contributed by atoms with Gasteiger partial charge in [-0.25, -0.2) is 0 Å². The topological polar surface area (TPSA) is 29.1 Å². The predicted octanol–water partition coefficient (Wildman–Crippen LogP) is 2.49. The second kappa shape index (κ2) is 7.80. The Morgan fingerprint density at radius 3 is 2.50 bits per heavy atom. The fourth-order valence-corrected chi connectivity index (χ4v) is 0.748. The first-order chi connectivity index (χ1) is 6.76. The van der Waals surface area contributed by atoms with E-state index in [1.54, 1.807) is 42.7 Å². The molecule has 0 heterocycles. The maximum atomic E-state index is 11.4. The van der Waals surface area contributed by atoms with Crippen molar-refractivity contribution in [3.05, 3.63) is 61.4 Å². The Kier molecular flexibility index (Phi) is 6.78. The Hall–Kier alpha value is -1.83. The van der Waals surface area contributed by atoms with Gasteiger partial charge in [-0.15, -0.1) is 0 Å². The smallest absolute Gasteiger partial charge is 0.255 e. The van der Waals surface area contributed by atoms with Crippen molar-refractivity contribution in [2.75, 3.05) is 0 Å². The molecule has 74 valence electrons. The number of hydrogen-bond acceptors (Lipinski definition) is 1. The summed E-state index contributed by atoms with van der Waals surface area (Å²) in [5, 5.41) is 2.61. The summed E-state index contributed by atoms with van der Waals surface area (Å²) in [7, 11) is 0. The zero-order valence-electron chi connectivity index (χ0n) is 8.36. The summed E-state index contributed by atoms with van der Waals surface area (Å²) in [5.41, 5.74) is 0.540. The van der Waals surface area contributed by atoms with Crippen LogP contribution in [0.2, 0.25) is 0 Å². The molecule has 0 aliphatic rings. The lowest BCUT2D eigenvalue weighted by atomic mass is 10.2. The Morgan fingerprint density at radius 1 is 1.29 bits per heavy atom. The summed E-state index contributed by atoms with van der Waals surface area (Å²) in [6.45, 7) is 8.90. The van der Waals surface area contributed by atoms with Crippen molar-refractivity contribution < 1.29 is 4.79 Å². The highest BCUT2D eigenvalue weighted by Crippen LogP contribution is 1.98. The van der Waals surface area contributed by atoms with Gasteiger partial charge in [-0.2, -0.15) is 0 Å². The molecule has 14 heavy (non-hydrogen) atoms. The molecule has 0 unspecified atom stereocenters. The maximum Gasteiger partial charge on any atom is 0.255 e. The quantitative estimate of drug-likeness (QED) is 0.522. The first-order valence-electron chi connectivity index (χ1n) is 4.30. The van der Waals surface area contributed by atoms with Crippen molar-refractivity contribution in [1.82, 2.24) is 5.32 Å². The fourth-order valence-electron chi connectivity index (χ4n) is 0.748. The van der Waals surface area contributed by atoms with E-state index in [0.29, 0.717) is 5.57 Å². The molecule has 0 aromatic heterocycles. The molecule has 0 rings (SSSR count). The van der Waals surface area contributed by atoms with Crippen LogP contribution in [0.5, 0.6) is 0 Å². The zero-order chi connectivity index (χ0) is 10.8. The number of carbonyl (C=O) groups is 1. The largest absolute Gasteiger partial charge is 0.329 e. The second-order valence-corrected chi connectivity index (χ2v) is 2.43. The standard InChI is InChI=1S/C12H15NO/c1-4-7-9-11(8-5-2)12(14)13-10-6-3/h4-10H,1-2H2,3H3,(H,13,14)/b9-7-,10-6-,11-8+. The number of nitrogens with one attached hydrogen (secondary N) is 1. The lowest BCUT2D eigenvalue weighted by Crippen LogP contribution is -2.18. The number of rotatable bonds is 5. The van der Waals surface area contributed by atoms with Crippen LogP contribution in [-0.2, 0) is 4.79 Å². The SMILES string of the molecule is C=C/C=C\C(=C/C=C)C(=O)N/C=C\C. The molecule has 0 saturated heterocycles. The molecule has 0 atom stereocenters. The molecule has 0 aliphatic carbocycles. The van der Waals surface area contributed by atoms with E-state index in [-0.39, 0.29) is 5.91 Å². The Morgan fingerprint density at radius 2 is 2.00 bits per heavy atom. The van der Waals surface area contributed by atoms with Crippen LogP contribution in [0, 0.1) is 0 Å². The van der Waals surface area contributed by atoms with Crippen LogP contribution in [0.4, 0.5) is 0 Å². The lowest BCUT2D eigenvalue weighted by Gasteiger charge is -1.99. The van der Waals surface area contributed by atoms with Crippen LogP contribution in [0.1, 0.15) is 6.92 Å².